The minimum atomic E-state index is -4.88. The van der Waals surface area contributed by atoms with Gasteiger partial charge in [0.15, 0.2) is 5.69 Å². The summed E-state index contributed by atoms with van der Waals surface area (Å²) in [5.41, 5.74) is -1.79. The number of hydrogen-bond acceptors (Lipinski definition) is 3. The Labute approximate surface area is 175 Å². The van der Waals surface area contributed by atoms with Crippen molar-refractivity contribution in [1.82, 2.24) is 9.78 Å². The summed E-state index contributed by atoms with van der Waals surface area (Å²) in [6.45, 7) is 0. The van der Waals surface area contributed by atoms with Crippen molar-refractivity contribution in [2.45, 2.75) is 12.5 Å². The summed E-state index contributed by atoms with van der Waals surface area (Å²) in [5, 5.41) is 8.23. The fourth-order valence-corrected chi connectivity index (χ4v) is 2.64. The third kappa shape index (κ3) is 5.81. The molecule has 6 nitrogen and oxygen atoms in total. The van der Waals surface area contributed by atoms with Crippen LogP contribution in [0.4, 0.5) is 42.5 Å². The predicted molar refractivity (Wildman–Crippen MR) is 99.3 cm³/mol. The van der Waals surface area contributed by atoms with Gasteiger partial charge in [0, 0.05) is 10.7 Å². The molecule has 31 heavy (non-hydrogen) atoms. The predicted octanol–water partition coefficient (Wildman–Crippen LogP) is 6.09. The Hall–Kier alpha value is -3.41. The number of carbonyl (C=O) groups is 1. The zero-order chi connectivity index (χ0) is 22.8. The maximum absolute atomic E-state index is 13.6. The quantitative estimate of drug-likeness (QED) is 0.459. The third-order valence-electron chi connectivity index (χ3n) is 3.70. The summed E-state index contributed by atoms with van der Waals surface area (Å²) >= 11 is 5.74. The number of anilines is 2. The summed E-state index contributed by atoms with van der Waals surface area (Å²) in [4.78, 5) is 12.1. The molecule has 0 saturated heterocycles. The summed E-state index contributed by atoms with van der Waals surface area (Å²) in [5.74, 6) is -0.526. The van der Waals surface area contributed by atoms with E-state index in [1.165, 1.54) is 24.3 Å². The van der Waals surface area contributed by atoms with Gasteiger partial charge in [-0.3, -0.25) is 0 Å². The first-order valence-corrected chi connectivity index (χ1v) is 8.65. The molecule has 2 amide bonds. The van der Waals surface area contributed by atoms with E-state index in [0.717, 1.165) is 30.5 Å². The highest BCUT2D eigenvalue weighted by Crippen LogP contribution is 2.36. The molecule has 0 radical (unpaired) electrons. The Balaban J connectivity index is 1.77. The number of urea groups is 1. The average molecular weight is 465 g/mol. The number of alkyl halides is 6. The van der Waals surface area contributed by atoms with Crippen LogP contribution in [-0.4, -0.2) is 22.2 Å². The van der Waals surface area contributed by atoms with E-state index in [0.29, 0.717) is 9.70 Å². The molecule has 0 spiro atoms. The summed E-state index contributed by atoms with van der Waals surface area (Å²) in [6, 6.07) is 8.37. The number of ether oxygens (including phenoxy) is 1. The van der Waals surface area contributed by atoms with Crippen LogP contribution in [0.3, 0.4) is 0 Å². The standard InChI is InChI=1S/C18H11ClF6N4O2/c19-10-1-5-12(6-2-10)29-15(17(20,21)22)14(9-26-29)28-16(30)27-11-3-7-13(8-4-11)31-18(23,24)25/h1-9H,(H2,27,28,30). The van der Waals surface area contributed by atoms with Crippen LogP contribution in [0.1, 0.15) is 5.69 Å². The lowest BCUT2D eigenvalue weighted by molar-refractivity contribution is -0.274. The van der Waals surface area contributed by atoms with Crippen LogP contribution < -0.4 is 15.4 Å². The van der Waals surface area contributed by atoms with Crippen LogP contribution in [0.2, 0.25) is 5.02 Å². The third-order valence-corrected chi connectivity index (χ3v) is 3.95. The second-order valence-electron chi connectivity index (χ2n) is 5.94. The lowest BCUT2D eigenvalue weighted by Crippen LogP contribution is -2.22. The van der Waals surface area contributed by atoms with Crippen molar-refractivity contribution < 1.29 is 35.9 Å². The SMILES string of the molecule is O=C(Nc1ccc(OC(F)(F)F)cc1)Nc1cnn(-c2ccc(Cl)cc2)c1C(F)(F)F. The zero-order valence-electron chi connectivity index (χ0n) is 15.1. The normalized spacial score (nSPS) is 11.8. The molecule has 2 aromatic carbocycles. The van der Waals surface area contributed by atoms with Crippen molar-refractivity contribution in [3.63, 3.8) is 0 Å². The van der Waals surface area contributed by atoms with Gasteiger partial charge < -0.3 is 15.4 Å². The Kier molecular flexibility index (Phi) is 6.02. The number of nitrogens with one attached hydrogen (secondary N) is 2. The van der Waals surface area contributed by atoms with Gasteiger partial charge in [-0.2, -0.15) is 18.3 Å². The molecule has 164 valence electrons. The minimum Gasteiger partial charge on any atom is -0.406 e. The summed E-state index contributed by atoms with van der Waals surface area (Å²) in [7, 11) is 0. The van der Waals surface area contributed by atoms with E-state index in [2.05, 4.69) is 15.2 Å². The number of halogens is 7. The molecule has 2 N–H and O–H groups in total. The Morgan fingerprint density at radius 1 is 0.935 bits per heavy atom. The van der Waals surface area contributed by atoms with Crippen molar-refractivity contribution in [3.05, 3.63) is 65.4 Å². The van der Waals surface area contributed by atoms with Gasteiger partial charge in [0.1, 0.15) is 5.75 Å². The monoisotopic (exact) mass is 464 g/mol. The van der Waals surface area contributed by atoms with Crippen LogP contribution >= 0.6 is 11.6 Å². The van der Waals surface area contributed by atoms with Crippen LogP contribution in [-0.2, 0) is 6.18 Å². The largest absolute Gasteiger partial charge is 0.573 e. The first-order chi connectivity index (χ1) is 14.4. The highest BCUT2D eigenvalue weighted by molar-refractivity contribution is 6.30. The second-order valence-corrected chi connectivity index (χ2v) is 6.38. The molecule has 0 aliphatic carbocycles. The smallest absolute Gasteiger partial charge is 0.406 e. The Morgan fingerprint density at radius 3 is 2.10 bits per heavy atom. The van der Waals surface area contributed by atoms with Gasteiger partial charge in [-0.15, -0.1) is 13.2 Å². The number of hydrogen-bond donors (Lipinski definition) is 2. The maximum atomic E-state index is 13.6. The van der Waals surface area contributed by atoms with Gasteiger partial charge in [0.05, 0.1) is 17.6 Å². The molecular formula is C18H11ClF6N4O2. The molecule has 0 fully saturated rings. The molecule has 3 aromatic rings. The highest BCUT2D eigenvalue weighted by atomic mass is 35.5. The van der Waals surface area contributed by atoms with Crippen molar-refractivity contribution in [3.8, 4) is 11.4 Å². The topological polar surface area (TPSA) is 68.2 Å². The fraction of sp³-hybridized carbons (Fsp3) is 0.111. The zero-order valence-corrected chi connectivity index (χ0v) is 15.8. The molecule has 0 aliphatic heterocycles. The molecule has 3 rings (SSSR count). The van der Waals surface area contributed by atoms with Crippen LogP contribution in [0.5, 0.6) is 5.75 Å². The number of carbonyl (C=O) groups excluding carboxylic acids is 1. The molecule has 0 saturated carbocycles. The molecule has 0 aliphatic rings. The molecule has 1 heterocycles. The lowest BCUT2D eigenvalue weighted by Gasteiger charge is -2.14. The van der Waals surface area contributed by atoms with Gasteiger partial charge in [0.25, 0.3) is 0 Å². The molecule has 1 aromatic heterocycles. The molecular weight excluding hydrogens is 454 g/mol. The van der Waals surface area contributed by atoms with Crippen molar-refractivity contribution in [2.24, 2.45) is 0 Å². The number of rotatable bonds is 4. The van der Waals surface area contributed by atoms with Crippen LogP contribution in [0.25, 0.3) is 5.69 Å². The first-order valence-electron chi connectivity index (χ1n) is 8.27. The summed E-state index contributed by atoms with van der Waals surface area (Å²) < 4.78 is 81.6. The number of amides is 2. The molecule has 0 unspecified atom stereocenters. The van der Waals surface area contributed by atoms with Gasteiger partial charge >= 0.3 is 18.6 Å². The number of benzene rings is 2. The van der Waals surface area contributed by atoms with E-state index in [-0.39, 0.29) is 11.4 Å². The van der Waals surface area contributed by atoms with Crippen LogP contribution in [0.15, 0.2) is 54.7 Å². The Bertz CT molecular complexity index is 1060. The van der Waals surface area contributed by atoms with Crippen molar-refractivity contribution in [2.75, 3.05) is 10.6 Å². The van der Waals surface area contributed by atoms with E-state index in [1.54, 1.807) is 0 Å². The van der Waals surface area contributed by atoms with E-state index in [4.69, 9.17) is 11.6 Å². The summed E-state index contributed by atoms with van der Waals surface area (Å²) in [6.07, 6.45) is -8.93. The van der Waals surface area contributed by atoms with E-state index >= 15 is 0 Å². The average Bonchev–Trinajstić information content (AvgIpc) is 3.06. The minimum absolute atomic E-state index is 0.0191. The van der Waals surface area contributed by atoms with E-state index in [9.17, 15) is 31.1 Å². The van der Waals surface area contributed by atoms with Crippen LogP contribution in [0, 0.1) is 0 Å². The first kappa shape index (κ1) is 22.3. The maximum Gasteiger partial charge on any atom is 0.573 e. The number of nitrogens with zero attached hydrogens (tertiary/aromatic N) is 2. The molecule has 0 atom stereocenters. The fourth-order valence-electron chi connectivity index (χ4n) is 2.52. The van der Waals surface area contributed by atoms with Gasteiger partial charge in [-0.1, -0.05) is 11.6 Å². The lowest BCUT2D eigenvalue weighted by atomic mass is 10.3. The highest BCUT2D eigenvalue weighted by Gasteiger charge is 2.39. The van der Waals surface area contributed by atoms with Gasteiger partial charge in [0.2, 0.25) is 0 Å². The van der Waals surface area contributed by atoms with E-state index in [1.807, 2.05) is 5.32 Å². The molecule has 0 bridgehead atoms. The number of aromatic nitrogens is 2. The molecule has 13 heteroatoms. The van der Waals surface area contributed by atoms with Crippen molar-refractivity contribution in [1.29, 1.82) is 0 Å². The van der Waals surface area contributed by atoms with Crippen molar-refractivity contribution >= 4 is 29.0 Å². The second kappa shape index (κ2) is 8.38. The Morgan fingerprint density at radius 2 is 1.55 bits per heavy atom. The van der Waals surface area contributed by atoms with Gasteiger partial charge in [-0.05, 0) is 48.5 Å². The van der Waals surface area contributed by atoms with Gasteiger partial charge in [-0.25, -0.2) is 9.48 Å². The van der Waals surface area contributed by atoms with E-state index < -0.39 is 35.7 Å².